The third-order valence-electron chi connectivity index (χ3n) is 5.09. The fourth-order valence-corrected chi connectivity index (χ4v) is 4.46. The van der Waals surface area contributed by atoms with Gasteiger partial charge >= 0.3 is 0 Å². The highest BCUT2D eigenvalue weighted by Crippen LogP contribution is 2.34. The Kier molecular flexibility index (Phi) is 4.37. The van der Waals surface area contributed by atoms with Crippen LogP contribution in [0.3, 0.4) is 0 Å². The largest absolute Gasteiger partial charge is 0.335 e. The molecule has 4 aromatic rings. The van der Waals surface area contributed by atoms with E-state index >= 15 is 0 Å². The van der Waals surface area contributed by atoms with Crippen molar-refractivity contribution < 1.29 is 0 Å². The fraction of sp³-hybridized carbons (Fsp3) is 0.238. The van der Waals surface area contributed by atoms with Gasteiger partial charge < -0.3 is 9.47 Å². The van der Waals surface area contributed by atoms with Crippen molar-refractivity contribution in [3.8, 4) is 0 Å². The summed E-state index contributed by atoms with van der Waals surface area (Å²) in [7, 11) is 0. The lowest BCUT2D eigenvalue weighted by Gasteiger charge is -2.34. The molecule has 0 fully saturated rings. The minimum absolute atomic E-state index is 0.156. The van der Waals surface area contributed by atoms with Crippen LogP contribution in [0.15, 0.2) is 60.5 Å². The Balaban J connectivity index is 1.53. The number of benzene rings is 1. The quantitative estimate of drug-likeness (QED) is 0.534. The van der Waals surface area contributed by atoms with E-state index in [9.17, 15) is 0 Å². The Morgan fingerprint density at radius 3 is 2.75 bits per heavy atom. The highest BCUT2D eigenvalue weighted by molar-refractivity contribution is 7.09. The molecule has 28 heavy (non-hydrogen) atoms. The zero-order chi connectivity index (χ0) is 18.9. The van der Waals surface area contributed by atoms with Gasteiger partial charge in [0.05, 0.1) is 23.2 Å². The van der Waals surface area contributed by atoms with Gasteiger partial charge in [-0.3, -0.25) is 0 Å². The maximum absolute atomic E-state index is 4.74. The van der Waals surface area contributed by atoms with Crippen LogP contribution in [0.25, 0.3) is 0 Å². The predicted molar refractivity (Wildman–Crippen MR) is 110 cm³/mol. The van der Waals surface area contributed by atoms with Crippen LogP contribution < -0.4 is 4.90 Å². The van der Waals surface area contributed by atoms with E-state index in [2.05, 4.69) is 54.1 Å². The maximum Gasteiger partial charge on any atom is 0.225 e. The van der Waals surface area contributed by atoms with Crippen molar-refractivity contribution in [3.05, 3.63) is 88.2 Å². The lowest BCUT2D eigenvalue weighted by atomic mass is 9.89. The molecule has 0 N–H and O–H groups in total. The van der Waals surface area contributed by atoms with Crippen molar-refractivity contribution in [1.82, 2.24) is 24.5 Å². The second-order valence-electron chi connectivity index (χ2n) is 6.95. The summed E-state index contributed by atoms with van der Waals surface area (Å²) in [5.74, 6) is 1.97. The van der Waals surface area contributed by atoms with Crippen molar-refractivity contribution in [2.75, 3.05) is 11.4 Å². The average molecular weight is 389 g/mol. The molecule has 1 aliphatic rings. The number of fused-ring (bicyclic) bond motifs is 1. The normalized spacial score (nSPS) is 16.2. The molecule has 0 saturated heterocycles. The second kappa shape index (κ2) is 7.16. The standard InChI is InChI=1S/C21H20N6S/c1-15-25-17(14-28-15)12-26-10-9-22-20(26)19-13-27(21-23-7-4-8-24-21)11-16-5-2-3-6-18(16)19/h2-10,14,19H,11-13H2,1H3/t19-/m1/s1. The van der Waals surface area contributed by atoms with E-state index in [1.807, 2.05) is 25.4 Å². The van der Waals surface area contributed by atoms with Crippen LogP contribution in [0.4, 0.5) is 5.95 Å². The molecule has 1 atom stereocenters. The van der Waals surface area contributed by atoms with Crippen LogP contribution in [0.5, 0.6) is 0 Å². The first-order valence-electron chi connectivity index (χ1n) is 9.30. The monoisotopic (exact) mass is 388 g/mol. The van der Waals surface area contributed by atoms with Gasteiger partial charge in [0, 0.05) is 43.3 Å². The van der Waals surface area contributed by atoms with Gasteiger partial charge in [-0.25, -0.2) is 19.9 Å². The van der Waals surface area contributed by atoms with Crippen molar-refractivity contribution >= 4 is 17.3 Å². The predicted octanol–water partition coefficient (Wildman–Crippen LogP) is 3.64. The number of aryl methyl sites for hydroxylation is 1. The summed E-state index contributed by atoms with van der Waals surface area (Å²) in [6.07, 6.45) is 7.52. The van der Waals surface area contributed by atoms with Gasteiger partial charge in [0.25, 0.3) is 0 Å². The first-order valence-corrected chi connectivity index (χ1v) is 10.2. The molecule has 0 spiro atoms. The molecule has 1 aromatic carbocycles. The minimum atomic E-state index is 0.156. The number of nitrogens with zero attached hydrogens (tertiary/aromatic N) is 6. The minimum Gasteiger partial charge on any atom is -0.335 e. The van der Waals surface area contributed by atoms with Crippen molar-refractivity contribution in [1.29, 1.82) is 0 Å². The molecule has 0 radical (unpaired) electrons. The third-order valence-corrected chi connectivity index (χ3v) is 5.91. The van der Waals surface area contributed by atoms with Gasteiger partial charge in [-0.2, -0.15) is 0 Å². The molecule has 6 nitrogen and oxygen atoms in total. The Morgan fingerprint density at radius 2 is 1.93 bits per heavy atom. The lowest BCUT2D eigenvalue weighted by Crippen LogP contribution is -2.36. The van der Waals surface area contributed by atoms with Gasteiger partial charge in [0.1, 0.15) is 5.82 Å². The van der Waals surface area contributed by atoms with Crippen LogP contribution in [-0.2, 0) is 13.1 Å². The first kappa shape index (κ1) is 17.1. The third kappa shape index (κ3) is 3.18. The van der Waals surface area contributed by atoms with E-state index in [0.29, 0.717) is 0 Å². The summed E-state index contributed by atoms with van der Waals surface area (Å²) in [5.41, 5.74) is 3.70. The number of rotatable bonds is 4. The summed E-state index contributed by atoms with van der Waals surface area (Å²) in [6.45, 7) is 4.38. The van der Waals surface area contributed by atoms with Gasteiger partial charge in [0.15, 0.2) is 0 Å². The van der Waals surface area contributed by atoms with E-state index in [4.69, 9.17) is 4.98 Å². The molecular formula is C21H20N6S. The van der Waals surface area contributed by atoms with E-state index in [1.165, 1.54) is 11.1 Å². The zero-order valence-corrected chi connectivity index (χ0v) is 16.4. The number of hydrogen-bond acceptors (Lipinski definition) is 6. The Labute approximate surface area is 167 Å². The smallest absolute Gasteiger partial charge is 0.225 e. The second-order valence-corrected chi connectivity index (χ2v) is 8.01. The molecule has 3 aromatic heterocycles. The molecule has 5 rings (SSSR count). The number of anilines is 1. The van der Waals surface area contributed by atoms with Crippen LogP contribution >= 0.6 is 11.3 Å². The van der Waals surface area contributed by atoms with Crippen molar-refractivity contribution in [2.45, 2.75) is 25.9 Å². The highest BCUT2D eigenvalue weighted by atomic mass is 32.1. The molecule has 0 saturated carbocycles. The summed E-state index contributed by atoms with van der Waals surface area (Å²) >= 11 is 1.68. The fourth-order valence-electron chi connectivity index (χ4n) is 3.85. The molecule has 0 bridgehead atoms. The molecule has 0 aliphatic carbocycles. The Hall–Kier alpha value is -3.06. The van der Waals surface area contributed by atoms with E-state index < -0.39 is 0 Å². The highest BCUT2D eigenvalue weighted by Gasteiger charge is 2.30. The van der Waals surface area contributed by atoms with E-state index in [-0.39, 0.29) is 5.92 Å². The molecule has 4 heterocycles. The summed E-state index contributed by atoms with van der Waals surface area (Å²) in [6, 6.07) is 10.5. The molecule has 140 valence electrons. The van der Waals surface area contributed by atoms with Crippen LogP contribution in [0.2, 0.25) is 0 Å². The van der Waals surface area contributed by atoms with Gasteiger partial charge in [0.2, 0.25) is 5.95 Å². The summed E-state index contributed by atoms with van der Waals surface area (Å²) in [4.78, 5) is 20.5. The van der Waals surface area contributed by atoms with Crippen LogP contribution in [0, 0.1) is 6.92 Å². The van der Waals surface area contributed by atoms with Gasteiger partial charge in [-0.1, -0.05) is 24.3 Å². The molecule has 0 unspecified atom stereocenters. The molecular weight excluding hydrogens is 368 g/mol. The van der Waals surface area contributed by atoms with E-state index in [1.54, 1.807) is 23.7 Å². The zero-order valence-electron chi connectivity index (χ0n) is 15.6. The first-order chi connectivity index (χ1) is 13.8. The molecule has 7 heteroatoms. The topological polar surface area (TPSA) is 59.7 Å². The van der Waals surface area contributed by atoms with Crippen LogP contribution in [-0.4, -0.2) is 31.0 Å². The number of thiazole rings is 1. The summed E-state index contributed by atoms with van der Waals surface area (Å²) < 4.78 is 2.21. The SMILES string of the molecule is Cc1nc(Cn2ccnc2[C@@H]2CN(c3ncccn3)Cc3ccccc32)cs1. The molecule has 1 aliphatic heterocycles. The molecule has 0 amide bonds. The van der Waals surface area contributed by atoms with Crippen molar-refractivity contribution in [2.24, 2.45) is 0 Å². The lowest BCUT2D eigenvalue weighted by molar-refractivity contribution is 0.591. The number of aromatic nitrogens is 5. The average Bonchev–Trinajstić information content (AvgIpc) is 3.37. The summed E-state index contributed by atoms with van der Waals surface area (Å²) in [5, 5.41) is 3.21. The number of imidazole rings is 1. The van der Waals surface area contributed by atoms with E-state index in [0.717, 1.165) is 42.1 Å². The van der Waals surface area contributed by atoms with Crippen LogP contribution in [0.1, 0.15) is 33.6 Å². The van der Waals surface area contributed by atoms with Crippen molar-refractivity contribution in [3.63, 3.8) is 0 Å². The van der Waals surface area contributed by atoms with Gasteiger partial charge in [-0.15, -0.1) is 11.3 Å². The maximum atomic E-state index is 4.74. The Bertz CT molecular complexity index is 1090. The van der Waals surface area contributed by atoms with Gasteiger partial charge in [-0.05, 0) is 24.1 Å². The number of hydrogen-bond donors (Lipinski definition) is 0. The Morgan fingerprint density at radius 1 is 1.07 bits per heavy atom.